The number of fused-ring (bicyclic) bond motifs is 3. The molecule has 6 aromatic heterocycles. The Morgan fingerprint density at radius 2 is 0.796 bits per heavy atom. The number of hydrogen-bond acceptors (Lipinski definition) is 16. The Morgan fingerprint density at radius 3 is 1.17 bits per heavy atom. The van der Waals surface area contributed by atoms with Gasteiger partial charge >= 0.3 is 0 Å². The normalized spacial score (nSPS) is 11.4. The first-order chi connectivity index (χ1) is 44.6. The molecule has 6 N–H and O–H groups in total. The molecule has 0 aliphatic carbocycles. The van der Waals surface area contributed by atoms with Crippen molar-refractivity contribution in [3.05, 3.63) is 214 Å². The van der Waals surface area contributed by atoms with Crippen LogP contribution in [-0.2, 0) is 64.1 Å². The summed E-state index contributed by atoms with van der Waals surface area (Å²) in [6.07, 6.45) is 10.5. The van der Waals surface area contributed by atoms with Crippen molar-refractivity contribution in [2.45, 2.75) is 53.6 Å². The van der Waals surface area contributed by atoms with E-state index in [1.165, 1.54) is 89.8 Å². The van der Waals surface area contributed by atoms with Gasteiger partial charge in [-0.3, -0.25) is 28.5 Å². The average molecular weight is 1410 g/mol. The molecule has 12 rings (SSSR count). The zero-order valence-electron chi connectivity index (χ0n) is 47.9. The van der Waals surface area contributed by atoms with E-state index < -0.39 is 41.7 Å². The smallest absolute Gasteiger partial charge is 0.263 e. The second-order valence-electron chi connectivity index (χ2n) is 19.9. The minimum absolute atomic E-state index is 0.0359. The molecule has 3 amide bonds. The van der Waals surface area contributed by atoms with E-state index in [0.29, 0.717) is 66.9 Å². The van der Waals surface area contributed by atoms with Gasteiger partial charge < -0.3 is 29.7 Å². The maximum Gasteiger partial charge on any atom is 0.263 e. The third-order valence-corrected chi connectivity index (χ3v) is 20.8. The number of carbonyl (C=O) groups is 3. The molecule has 6 heterocycles. The Labute approximate surface area is 552 Å². The summed E-state index contributed by atoms with van der Waals surface area (Å²) >= 11 is 15.7. The van der Waals surface area contributed by atoms with E-state index in [4.69, 9.17) is 28.5 Å². The molecule has 6 aromatic carbocycles. The van der Waals surface area contributed by atoms with Gasteiger partial charge in [0, 0.05) is 143 Å². The quantitative estimate of drug-likeness (QED) is 0.0390. The third-order valence-electron chi connectivity index (χ3n) is 13.6. The largest absolute Gasteiger partial charge is 0.347 e. The summed E-state index contributed by atoms with van der Waals surface area (Å²) in [4.78, 5) is 48.8. The topological polar surface area (TPSA) is 303 Å². The predicted octanol–water partition coefficient (Wildman–Crippen LogP) is 13.2. The maximum absolute atomic E-state index is 13.5. The average Bonchev–Trinajstić information content (AvgIpc) is 1.92. The molecule has 0 aliphatic rings. The van der Waals surface area contributed by atoms with Crippen LogP contribution in [0.2, 0.25) is 10.0 Å². The summed E-state index contributed by atoms with van der Waals surface area (Å²) in [6, 6.07) is 36.4. The van der Waals surface area contributed by atoms with Crippen LogP contribution in [-0.4, -0.2) is 71.6 Å². The molecular weight excluding hydrogens is 1360 g/mol. The number of aromatic nitrogens is 6. The number of hydrogen-bond donors (Lipinski definition) is 6. The molecule has 93 heavy (non-hydrogen) atoms. The highest BCUT2D eigenvalue weighted by atomic mass is 35.5. The fourth-order valence-electron chi connectivity index (χ4n) is 9.06. The number of rotatable bonds is 21. The SMILES string of the molecule is N#Cc1ccc2c(ccn2CCC(=O)Nc2ccc(S(=O)(=O)Nc3nccs3)cc2)c1.O=C(CCn1ccc2cc(Cl)c(Cl)cc21)Nc1ccc(S(=O)(=O)Nc2nccs2)cc1.O=C(CCn1ccc2cc(F)c(F)cc21)Nc1ccc(S(=O)(=O)Nc2nccs2)cc1. The zero-order chi connectivity index (χ0) is 65.9. The standard InChI is InChI=1S/C21H17N5O3S2.C20H16Cl2N4O3S2.C20H16F2N4O3S2/c22-14-15-1-6-19-16(13-15)7-10-26(19)11-8-20(27)24-17-2-4-18(5-3-17)31(28,29)25-21-23-9-12-30-21;2*21-16-11-13-5-8-26(18(13)12-17(16)22)9-6-19(27)24-14-1-3-15(4-2-14)31(28,29)25-20-23-7-10-30-20/h1-7,9-10,12-13H,8,11H2,(H,23,25)(H,24,27);2*1-5,7-8,10-12H,6,9H2,(H,23,25)(H,24,27). The number of carbonyl (C=O) groups excluding carboxylic acids is 3. The van der Waals surface area contributed by atoms with E-state index in [9.17, 15) is 48.4 Å². The van der Waals surface area contributed by atoms with Crippen LogP contribution in [0.15, 0.2) is 201 Å². The van der Waals surface area contributed by atoms with Crippen LogP contribution in [0.4, 0.5) is 41.2 Å². The predicted molar refractivity (Wildman–Crippen MR) is 358 cm³/mol. The first-order valence-electron chi connectivity index (χ1n) is 27.4. The lowest BCUT2D eigenvalue weighted by Gasteiger charge is -2.09. The highest BCUT2D eigenvalue weighted by molar-refractivity contribution is 7.93. The molecule has 22 nitrogen and oxygen atoms in total. The lowest BCUT2D eigenvalue weighted by Crippen LogP contribution is -2.15. The second kappa shape index (κ2) is 29.4. The van der Waals surface area contributed by atoms with Gasteiger partial charge in [0.1, 0.15) is 0 Å². The lowest BCUT2D eigenvalue weighted by molar-refractivity contribution is -0.117. The Bertz CT molecular complexity index is 4840. The summed E-state index contributed by atoms with van der Waals surface area (Å²) in [5, 5.41) is 26.4. The molecule has 0 bridgehead atoms. The number of thiazole rings is 3. The van der Waals surface area contributed by atoms with Crippen molar-refractivity contribution >= 4 is 170 Å². The van der Waals surface area contributed by atoms with E-state index in [1.807, 2.05) is 45.8 Å². The molecule has 0 atom stereocenters. The van der Waals surface area contributed by atoms with E-state index in [-0.39, 0.29) is 63.3 Å². The van der Waals surface area contributed by atoms with Crippen molar-refractivity contribution in [1.29, 1.82) is 5.26 Å². The van der Waals surface area contributed by atoms with E-state index >= 15 is 0 Å². The number of sulfonamides is 3. The Hall–Kier alpha value is -9.58. The van der Waals surface area contributed by atoms with Crippen molar-refractivity contribution in [2.24, 2.45) is 0 Å². The fraction of sp³-hybridized carbons (Fsp3) is 0.0984. The molecule has 0 aliphatic heterocycles. The van der Waals surface area contributed by atoms with Crippen LogP contribution in [0.3, 0.4) is 0 Å². The van der Waals surface area contributed by atoms with Gasteiger partial charge in [-0.15, -0.1) is 34.0 Å². The van der Waals surface area contributed by atoms with Crippen molar-refractivity contribution in [3.63, 3.8) is 0 Å². The van der Waals surface area contributed by atoms with Crippen molar-refractivity contribution in [2.75, 3.05) is 30.1 Å². The van der Waals surface area contributed by atoms with E-state index in [1.54, 1.807) is 75.4 Å². The summed E-state index contributed by atoms with van der Waals surface area (Å²) in [5.74, 6) is -2.56. The van der Waals surface area contributed by atoms with Gasteiger partial charge in [0.05, 0.1) is 41.9 Å². The van der Waals surface area contributed by atoms with Gasteiger partial charge in [0.25, 0.3) is 30.1 Å². The molecule has 0 unspecified atom stereocenters. The Kier molecular flexibility index (Phi) is 20.9. The van der Waals surface area contributed by atoms with Crippen LogP contribution >= 0.6 is 57.2 Å². The number of nitrogens with one attached hydrogen (secondary N) is 6. The molecule has 0 spiro atoms. The number of halogens is 4. The molecule has 0 saturated heterocycles. The highest BCUT2D eigenvalue weighted by Gasteiger charge is 2.20. The lowest BCUT2D eigenvalue weighted by atomic mass is 10.2. The number of nitriles is 1. The van der Waals surface area contributed by atoms with Crippen LogP contribution < -0.4 is 30.1 Å². The number of amides is 3. The Balaban J connectivity index is 0.000000153. The molecule has 0 radical (unpaired) electrons. The summed E-state index contributed by atoms with van der Waals surface area (Å²) in [6.45, 7) is 1.20. The number of aryl methyl sites for hydroxylation is 3. The van der Waals surface area contributed by atoms with Crippen molar-refractivity contribution < 1.29 is 48.4 Å². The summed E-state index contributed by atoms with van der Waals surface area (Å²) < 4.78 is 114. The molecule has 32 heteroatoms. The maximum atomic E-state index is 13.5. The molecule has 476 valence electrons. The molecule has 12 aromatic rings. The zero-order valence-corrected chi connectivity index (χ0v) is 54.3. The summed E-state index contributed by atoms with van der Waals surface area (Å²) in [5.41, 5.74) is 4.38. The van der Waals surface area contributed by atoms with Crippen LogP contribution in [0.1, 0.15) is 24.8 Å². The third kappa shape index (κ3) is 17.3. The van der Waals surface area contributed by atoms with Crippen LogP contribution in [0, 0.1) is 23.0 Å². The first-order valence-corrected chi connectivity index (χ1v) is 35.3. The fourth-order valence-corrected chi connectivity index (χ4v) is 14.8. The van der Waals surface area contributed by atoms with Gasteiger partial charge in [0.2, 0.25) is 17.7 Å². The molecule has 0 fully saturated rings. The second-order valence-corrected chi connectivity index (χ2v) is 28.4. The minimum atomic E-state index is -3.77. The van der Waals surface area contributed by atoms with Crippen molar-refractivity contribution in [3.8, 4) is 6.07 Å². The van der Waals surface area contributed by atoms with Crippen LogP contribution in [0.5, 0.6) is 0 Å². The van der Waals surface area contributed by atoms with Gasteiger partial charge in [-0.05, 0) is 127 Å². The molecular formula is C61H49Cl2F2N13O9S6. The van der Waals surface area contributed by atoms with E-state index in [0.717, 1.165) is 45.3 Å². The number of anilines is 6. The number of benzene rings is 6. The monoisotopic (exact) mass is 1410 g/mol. The highest BCUT2D eigenvalue weighted by Crippen LogP contribution is 2.30. The van der Waals surface area contributed by atoms with Gasteiger partial charge in [-0.2, -0.15) is 5.26 Å². The van der Waals surface area contributed by atoms with Gasteiger partial charge in [0.15, 0.2) is 27.0 Å². The molecule has 0 saturated carbocycles. The first kappa shape index (κ1) is 66.3. The van der Waals surface area contributed by atoms with Gasteiger partial charge in [-0.25, -0.2) is 49.0 Å². The van der Waals surface area contributed by atoms with E-state index in [2.05, 4.69) is 51.1 Å². The Morgan fingerprint density at radius 1 is 0.452 bits per heavy atom. The minimum Gasteiger partial charge on any atom is -0.347 e. The van der Waals surface area contributed by atoms with Crippen molar-refractivity contribution in [1.82, 2.24) is 28.7 Å². The number of nitrogens with zero attached hydrogens (tertiary/aromatic N) is 7. The van der Waals surface area contributed by atoms with Gasteiger partial charge in [-0.1, -0.05) is 23.2 Å². The van der Waals surface area contributed by atoms with Crippen LogP contribution in [0.25, 0.3) is 32.7 Å². The summed E-state index contributed by atoms with van der Waals surface area (Å²) in [7, 11) is -11.2.